The summed E-state index contributed by atoms with van der Waals surface area (Å²) >= 11 is 1.71. The summed E-state index contributed by atoms with van der Waals surface area (Å²) in [5.74, 6) is 0.127. The van der Waals surface area contributed by atoms with Gasteiger partial charge >= 0.3 is 11.0 Å². The maximum absolute atomic E-state index is 11.7. The average molecular weight is 287 g/mol. The van der Waals surface area contributed by atoms with Crippen LogP contribution in [-0.2, 0) is 11.3 Å². The topological polar surface area (TPSA) is 24.2 Å². The molecule has 0 atom stereocenters. The Bertz CT molecular complexity index is 679. The molecule has 1 aromatic heterocycles. The molecule has 0 aliphatic carbocycles. The van der Waals surface area contributed by atoms with Crippen LogP contribution in [0.15, 0.2) is 18.3 Å². The van der Waals surface area contributed by atoms with Gasteiger partial charge in [0.05, 0.1) is 4.88 Å². The highest BCUT2D eigenvalue weighted by Gasteiger charge is 2.34. The van der Waals surface area contributed by atoms with Crippen molar-refractivity contribution in [2.75, 3.05) is 11.4 Å². The van der Waals surface area contributed by atoms with Crippen LogP contribution < -0.4 is 9.47 Å². The monoisotopic (exact) mass is 287 g/mol. The van der Waals surface area contributed by atoms with Crippen LogP contribution in [-0.4, -0.2) is 12.5 Å². The molecule has 0 radical (unpaired) electrons. The van der Waals surface area contributed by atoms with Crippen molar-refractivity contribution in [1.82, 2.24) is 0 Å². The molecule has 3 nitrogen and oxygen atoms in total. The minimum atomic E-state index is 0.127. The fourth-order valence-electron chi connectivity index (χ4n) is 3.03. The van der Waals surface area contributed by atoms with E-state index in [4.69, 9.17) is 0 Å². The van der Waals surface area contributed by atoms with Crippen molar-refractivity contribution in [3.05, 3.63) is 35.0 Å². The third-order valence-electron chi connectivity index (χ3n) is 3.82. The molecule has 1 aliphatic rings. The normalized spacial score (nSPS) is 13.7. The van der Waals surface area contributed by atoms with E-state index in [1.165, 1.54) is 27.1 Å². The minimum Gasteiger partial charge on any atom is -0.247 e. The van der Waals surface area contributed by atoms with E-state index in [9.17, 15) is 4.79 Å². The van der Waals surface area contributed by atoms with Crippen LogP contribution >= 0.6 is 11.3 Å². The molecule has 2 heterocycles. The first-order chi connectivity index (χ1) is 9.47. The highest BCUT2D eigenvalue weighted by Crippen LogP contribution is 2.36. The second-order valence-electron chi connectivity index (χ2n) is 5.52. The van der Waals surface area contributed by atoms with Gasteiger partial charge in [-0.2, -0.15) is 4.90 Å². The number of carbonyl (C=O) groups is 1. The van der Waals surface area contributed by atoms with Crippen molar-refractivity contribution in [3.8, 4) is 10.4 Å². The van der Waals surface area contributed by atoms with E-state index in [-0.39, 0.29) is 5.91 Å². The lowest BCUT2D eigenvalue weighted by atomic mass is 9.99. The molecular weight excluding hydrogens is 268 g/mol. The lowest BCUT2D eigenvalue weighted by Gasteiger charge is -2.08. The molecule has 0 spiro atoms. The number of benzene rings is 1. The van der Waals surface area contributed by atoms with E-state index >= 15 is 0 Å². The van der Waals surface area contributed by atoms with E-state index in [0.717, 1.165) is 18.2 Å². The Balaban J connectivity index is 2.10. The molecule has 1 aliphatic heterocycles. The molecule has 0 bridgehead atoms. The molecule has 4 heteroatoms. The quantitative estimate of drug-likeness (QED) is 0.740. The predicted octanol–water partition coefficient (Wildman–Crippen LogP) is 2.99. The number of hydrogen-bond donors (Lipinski definition) is 0. The van der Waals surface area contributed by atoms with Gasteiger partial charge in [-0.1, -0.05) is 17.7 Å². The summed E-state index contributed by atoms with van der Waals surface area (Å²) in [7, 11) is 0. The number of anilines is 1. The standard InChI is InChI=1S/C16H19N2OS/c1-10-7-11(2)15(12(3)8-10)14-9-17-5-6-18(13(4)19)16(17)20-14/h7-9H,5-6H2,1-4H3/q+1. The lowest BCUT2D eigenvalue weighted by Crippen LogP contribution is -2.28. The number of thiazole rings is 1. The fraction of sp³-hybridized carbons (Fsp3) is 0.375. The van der Waals surface area contributed by atoms with Crippen LogP contribution in [0.1, 0.15) is 23.6 Å². The number of nitrogens with zero attached hydrogens (tertiary/aromatic N) is 2. The zero-order valence-electron chi connectivity index (χ0n) is 12.4. The largest absolute Gasteiger partial charge is 0.344 e. The Hall–Kier alpha value is -1.68. The van der Waals surface area contributed by atoms with Crippen LogP contribution in [0.5, 0.6) is 0 Å². The molecule has 1 amide bonds. The highest BCUT2D eigenvalue weighted by molar-refractivity contribution is 7.18. The van der Waals surface area contributed by atoms with E-state index < -0.39 is 0 Å². The van der Waals surface area contributed by atoms with E-state index in [0.29, 0.717) is 0 Å². The Morgan fingerprint density at radius 1 is 1.25 bits per heavy atom. The van der Waals surface area contributed by atoms with Gasteiger partial charge in [0.1, 0.15) is 19.3 Å². The fourth-order valence-corrected chi connectivity index (χ4v) is 4.42. The molecule has 0 saturated carbocycles. The van der Waals surface area contributed by atoms with Crippen molar-refractivity contribution in [2.24, 2.45) is 0 Å². The third-order valence-corrected chi connectivity index (χ3v) is 4.99. The first-order valence-corrected chi connectivity index (χ1v) is 7.68. The number of amides is 1. The van der Waals surface area contributed by atoms with Crippen LogP contribution in [0.4, 0.5) is 5.13 Å². The van der Waals surface area contributed by atoms with Crippen LogP contribution in [0.3, 0.4) is 0 Å². The molecule has 0 N–H and O–H groups in total. The molecule has 1 aromatic carbocycles. The van der Waals surface area contributed by atoms with Gasteiger partial charge in [-0.3, -0.25) is 0 Å². The van der Waals surface area contributed by atoms with Crippen molar-refractivity contribution in [3.63, 3.8) is 0 Å². The van der Waals surface area contributed by atoms with Crippen molar-refractivity contribution in [1.29, 1.82) is 0 Å². The summed E-state index contributed by atoms with van der Waals surface area (Å²) in [6.45, 7) is 9.78. The predicted molar refractivity (Wildman–Crippen MR) is 82.2 cm³/mol. The first kappa shape index (κ1) is 13.3. The summed E-state index contributed by atoms with van der Waals surface area (Å²) in [5, 5.41) is 1.06. The summed E-state index contributed by atoms with van der Waals surface area (Å²) in [4.78, 5) is 14.8. The zero-order chi connectivity index (χ0) is 14.4. The smallest absolute Gasteiger partial charge is 0.247 e. The maximum Gasteiger partial charge on any atom is 0.344 e. The van der Waals surface area contributed by atoms with Crippen LogP contribution in [0.25, 0.3) is 10.4 Å². The number of rotatable bonds is 1. The van der Waals surface area contributed by atoms with Crippen molar-refractivity contribution in [2.45, 2.75) is 34.2 Å². The van der Waals surface area contributed by atoms with Gasteiger partial charge in [-0.05, 0) is 43.2 Å². The average Bonchev–Trinajstić information content (AvgIpc) is 2.86. The number of fused-ring (bicyclic) bond motifs is 1. The van der Waals surface area contributed by atoms with Gasteiger partial charge in [0.2, 0.25) is 0 Å². The van der Waals surface area contributed by atoms with Gasteiger partial charge in [-0.25, -0.2) is 9.36 Å². The third kappa shape index (κ3) is 2.04. The van der Waals surface area contributed by atoms with Crippen molar-refractivity contribution >= 4 is 22.4 Å². The molecule has 0 fully saturated rings. The van der Waals surface area contributed by atoms with Crippen molar-refractivity contribution < 1.29 is 9.36 Å². The van der Waals surface area contributed by atoms with E-state index in [1.807, 2.05) is 4.90 Å². The second kappa shape index (κ2) is 4.70. The number of carbonyl (C=O) groups excluding carboxylic acids is 1. The summed E-state index contributed by atoms with van der Waals surface area (Å²) in [6.07, 6.45) is 2.19. The Kier molecular flexibility index (Phi) is 3.13. The lowest BCUT2D eigenvalue weighted by molar-refractivity contribution is -0.666. The molecule has 2 aromatic rings. The summed E-state index contributed by atoms with van der Waals surface area (Å²) < 4.78 is 2.19. The Morgan fingerprint density at radius 3 is 2.50 bits per heavy atom. The minimum absolute atomic E-state index is 0.127. The van der Waals surface area contributed by atoms with Gasteiger partial charge in [-0.15, -0.1) is 0 Å². The molecule has 104 valence electrons. The summed E-state index contributed by atoms with van der Waals surface area (Å²) in [6, 6.07) is 4.45. The van der Waals surface area contributed by atoms with Crippen LogP contribution in [0, 0.1) is 20.8 Å². The van der Waals surface area contributed by atoms with Gasteiger partial charge < -0.3 is 0 Å². The number of aryl methyl sites for hydroxylation is 3. The van der Waals surface area contributed by atoms with Gasteiger partial charge in [0.15, 0.2) is 0 Å². The maximum atomic E-state index is 11.7. The molecule has 3 rings (SSSR count). The Labute approximate surface area is 123 Å². The SMILES string of the molecule is CC(=O)N1CC[n+]2cc(-c3c(C)cc(C)cc3C)sc21. The molecular formula is C16H19N2OS+. The highest BCUT2D eigenvalue weighted by atomic mass is 32.1. The second-order valence-corrected chi connectivity index (χ2v) is 6.52. The van der Waals surface area contributed by atoms with Gasteiger partial charge in [0.25, 0.3) is 0 Å². The number of aromatic nitrogens is 1. The first-order valence-electron chi connectivity index (χ1n) is 6.87. The molecule has 0 unspecified atom stereocenters. The van der Waals surface area contributed by atoms with E-state index in [2.05, 4.69) is 43.7 Å². The van der Waals surface area contributed by atoms with Gasteiger partial charge in [0, 0.05) is 12.5 Å². The van der Waals surface area contributed by atoms with E-state index in [1.54, 1.807) is 18.3 Å². The molecule has 0 saturated heterocycles. The zero-order valence-corrected chi connectivity index (χ0v) is 13.2. The van der Waals surface area contributed by atoms with Crippen LogP contribution in [0.2, 0.25) is 0 Å². The number of hydrogen-bond acceptors (Lipinski definition) is 2. The summed E-state index contributed by atoms with van der Waals surface area (Å²) in [5.41, 5.74) is 5.21. The Morgan fingerprint density at radius 2 is 1.90 bits per heavy atom. The molecule has 20 heavy (non-hydrogen) atoms.